The lowest BCUT2D eigenvalue weighted by Crippen LogP contribution is -2.49. The van der Waals surface area contributed by atoms with Gasteiger partial charge in [0.15, 0.2) is 20.6 Å². The van der Waals surface area contributed by atoms with Crippen LogP contribution in [0, 0.1) is 11.3 Å². The summed E-state index contributed by atoms with van der Waals surface area (Å²) in [6.45, 7) is 4.41. The average molecular weight is 312 g/mol. The van der Waals surface area contributed by atoms with Gasteiger partial charge in [-0.15, -0.1) is 0 Å². The van der Waals surface area contributed by atoms with Crippen LogP contribution in [0.25, 0.3) is 0 Å². The summed E-state index contributed by atoms with van der Waals surface area (Å²) >= 11 is 0. The lowest BCUT2D eigenvalue weighted by molar-refractivity contribution is 0.478. The van der Waals surface area contributed by atoms with Crippen molar-refractivity contribution in [2.75, 3.05) is 36.5 Å². The Morgan fingerprint density at radius 1 is 1.57 bits per heavy atom. The highest BCUT2D eigenvalue weighted by molar-refractivity contribution is 7.91. The van der Waals surface area contributed by atoms with Gasteiger partial charge in [-0.1, -0.05) is 0 Å². The second-order valence-electron chi connectivity index (χ2n) is 5.24. The molecule has 9 heteroatoms. The number of sulfone groups is 1. The van der Waals surface area contributed by atoms with Gasteiger partial charge in [-0.2, -0.15) is 10.4 Å². The SMILES string of the molecule is C[C@@H]1CN(c2nn(CCC#N)c(N)c2S(C)(=O)=O)CCN1. The van der Waals surface area contributed by atoms with E-state index in [2.05, 4.69) is 10.4 Å². The summed E-state index contributed by atoms with van der Waals surface area (Å²) in [7, 11) is -3.49. The quantitative estimate of drug-likeness (QED) is 0.775. The predicted molar refractivity (Wildman–Crippen MR) is 79.7 cm³/mol. The molecule has 0 aromatic carbocycles. The zero-order valence-electron chi connectivity index (χ0n) is 12.2. The molecule has 8 nitrogen and oxygen atoms in total. The fraction of sp³-hybridized carbons (Fsp3) is 0.667. The van der Waals surface area contributed by atoms with Crippen LogP contribution in [-0.4, -0.2) is 50.1 Å². The molecule has 3 N–H and O–H groups in total. The van der Waals surface area contributed by atoms with E-state index in [4.69, 9.17) is 11.0 Å². The van der Waals surface area contributed by atoms with Gasteiger partial charge in [0.2, 0.25) is 0 Å². The summed E-state index contributed by atoms with van der Waals surface area (Å²) in [5.41, 5.74) is 5.94. The molecule has 0 unspecified atom stereocenters. The second-order valence-corrected chi connectivity index (χ2v) is 7.20. The first kappa shape index (κ1) is 15.6. The zero-order valence-corrected chi connectivity index (χ0v) is 13.0. The van der Waals surface area contributed by atoms with Gasteiger partial charge < -0.3 is 16.0 Å². The molecule has 21 heavy (non-hydrogen) atoms. The van der Waals surface area contributed by atoms with Gasteiger partial charge in [0.1, 0.15) is 5.82 Å². The molecule has 2 heterocycles. The van der Waals surface area contributed by atoms with Gasteiger partial charge in [0, 0.05) is 31.9 Å². The maximum Gasteiger partial charge on any atom is 0.182 e. The Balaban J connectivity index is 2.46. The number of piperazine rings is 1. The lowest BCUT2D eigenvalue weighted by Gasteiger charge is -2.32. The Morgan fingerprint density at radius 2 is 2.29 bits per heavy atom. The van der Waals surface area contributed by atoms with E-state index in [1.807, 2.05) is 17.9 Å². The molecule has 116 valence electrons. The molecule has 1 saturated heterocycles. The summed E-state index contributed by atoms with van der Waals surface area (Å²) < 4.78 is 25.5. The minimum atomic E-state index is -3.49. The van der Waals surface area contributed by atoms with E-state index in [0.717, 1.165) is 12.8 Å². The van der Waals surface area contributed by atoms with E-state index >= 15 is 0 Å². The summed E-state index contributed by atoms with van der Waals surface area (Å²) in [6, 6.07) is 2.25. The molecule has 1 aliphatic rings. The van der Waals surface area contributed by atoms with Crippen molar-refractivity contribution < 1.29 is 8.42 Å². The largest absolute Gasteiger partial charge is 0.383 e. The van der Waals surface area contributed by atoms with Crippen LogP contribution < -0.4 is 16.0 Å². The Hall–Kier alpha value is -1.79. The fourth-order valence-electron chi connectivity index (χ4n) is 2.46. The Labute approximate surface area is 124 Å². The Morgan fingerprint density at radius 3 is 2.86 bits per heavy atom. The molecule has 0 aliphatic carbocycles. The van der Waals surface area contributed by atoms with Crippen LogP contribution in [0.4, 0.5) is 11.6 Å². The number of nitrogens with one attached hydrogen (secondary N) is 1. The predicted octanol–water partition coefficient (Wildman–Crippen LogP) is -0.419. The first-order valence-electron chi connectivity index (χ1n) is 6.76. The van der Waals surface area contributed by atoms with Crippen LogP contribution in [0.3, 0.4) is 0 Å². The van der Waals surface area contributed by atoms with Crippen molar-refractivity contribution in [1.82, 2.24) is 15.1 Å². The summed E-state index contributed by atoms with van der Waals surface area (Å²) in [5, 5.41) is 16.3. The van der Waals surface area contributed by atoms with Crippen LogP contribution in [0.2, 0.25) is 0 Å². The third kappa shape index (κ3) is 3.28. The monoisotopic (exact) mass is 312 g/mol. The molecule has 1 aliphatic heterocycles. The van der Waals surface area contributed by atoms with E-state index in [1.54, 1.807) is 0 Å². The lowest BCUT2D eigenvalue weighted by atomic mass is 10.2. The van der Waals surface area contributed by atoms with Crippen molar-refractivity contribution in [3.05, 3.63) is 0 Å². The Kier molecular flexibility index (Phi) is 4.39. The molecular formula is C12H20N6O2S. The first-order valence-corrected chi connectivity index (χ1v) is 8.65. The number of aryl methyl sites for hydroxylation is 1. The third-order valence-corrected chi connectivity index (χ3v) is 4.54. The molecule has 1 atom stereocenters. The van der Waals surface area contributed by atoms with Gasteiger partial charge in [-0.3, -0.25) is 0 Å². The van der Waals surface area contributed by atoms with E-state index < -0.39 is 9.84 Å². The molecule has 0 radical (unpaired) electrons. The molecule has 0 amide bonds. The fourth-order valence-corrected chi connectivity index (χ4v) is 3.45. The number of nitrogens with two attached hydrogens (primary N) is 1. The standard InChI is InChI=1S/C12H20N6O2S/c1-9-8-17(7-5-15-9)12-10(21(2,19)20)11(14)18(16-12)6-3-4-13/h9,15H,3,5-8,14H2,1-2H3/t9-/m1/s1. The minimum Gasteiger partial charge on any atom is -0.383 e. The van der Waals surface area contributed by atoms with Crippen molar-refractivity contribution in [2.24, 2.45) is 0 Å². The van der Waals surface area contributed by atoms with Gasteiger partial charge >= 0.3 is 0 Å². The van der Waals surface area contributed by atoms with Crippen molar-refractivity contribution in [1.29, 1.82) is 5.26 Å². The smallest absolute Gasteiger partial charge is 0.182 e. The van der Waals surface area contributed by atoms with Crippen LogP contribution in [0.15, 0.2) is 4.90 Å². The van der Waals surface area contributed by atoms with Gasteiger partial charge in [0.05, 0.1) is 19.0 Å². The highest BCUT2D eigenvalue weighted by Crippen LogP contribution is 2.30. The molecule has 2 rings (SSSR count). The second kappa shape index (κ2) is 5.91. The van der Waals surface area contributed by atoms with Crippen molar-refractivity contribution in [3.8, 4) is 6.07 Å². The van der Waals surface area contributed by atoms with Crippen LogP contribution in [0.1, 0.15) is 13.3 Å². The molecule has 1 fully saturated rings. The number of hydrogen-bond donors (Lipinski definition) is 2. The van der Waals surface area contributed by atoms with E-state index in [0.29, 0.717) is 18.9 Å². The maximum atomic E-state index is 12.0. The summed E-state index contributed by atoms with van der Waals surface area (Å²) in [6.07, 6.45) is 1.36. The zero-order chi connectivity index (χ0) is 15.6. The molecule has 1 aromatic rings. The van der Waals surface area contributed by atoms with Crippen molar-refractivity contribution in [3.63, 3.8) is 0 Å². The third-order valence-electron chi connectivity index (χ3n) is 3.40. The number of anilines is 2. The molecule has 0 saturated carbocycles. The maximum absolute atomic E-state index is 12.0. The van der Waals surface area contributed by atoms with Crippen LogP contribution in [0.5, 0.6) is 0 Å². The van der Waals surface area contributed by atoms with Gasteiger partial charge in [-0.05, 0) is 6.92 Å². The average Bonchev–Trinajstić information content (AvgIpc) is 2.73. The van der Waals surface area contributed by atoms with E-state index in [-0.39, 0.29) is 29.7 Å². The van der Waals surface area contributed by atoms with Gasteiger partial charge in [0.25, 0.3) is 0 Å². The van der Waals surface area contributed by atoms with Crippen molar-refractivity contribution in [2.45, 2.75) is 30.8 Å². The molecule has 0 bridgehead atoms. The highest BCUT2D eigenvalue weighted by Gasteiger charge is 2.29. The number of nitrogen functional groups attached to an aromatic ring is 1. The normalized spacial score (nSPS) is 19.5. The molecule has 0 spiro atoms. The highest BCUT2D eigenvalue weighted by atomic mass is 32.2. The first-order chi connectivity index (χ1) is 9.84. The molecule has 1 aromatic heterocycles. The van der Waals surface area contributed by atoms with Crippen LogP contribution >= 0.6 is 0 Å². The summed E-state index contributed by atoms with van der Waals surface area (Å²) in [4.78, 5) is 1.99. The minimum absolute atomic E-state index is 0.0644. The van der Waals surface area contributed by atoms with Crippen molar-refractivity contribution >= 4 is 21.5 Å². The van der Waals surface area contributed by atoms with Gasteiger partial charge in [-0.25, -0.2) is 13.1 Å². The van der Waals surface area contributed by atoms with E-state index in [1.165, 1.54) is 4.68 Å². The number of nitrogens with zero attached hydrogens (tertiary/aromatic N) is 4. The number of nitriles is 1. The number of aromatic nitrogens is 2. The number of rotatable bonds is 4. The number of hydrogen-bond acceptors (Lipinski definition) is 7. The summed E-state index contributed by atoms with van der Waals surface area (Å²) in [5.74, 6) is 0.496. The van der Waals surface area contributed by atoms with Crippen LogP contribution in [-0.2, 0) is 16.4 Å². The Bertz CT molecular complexity index is 660. The molecular weight excluding hydrogens is 292 g/mol. The van der Waals surface area contributed by atoms with E-state index in [9.17, 15) is 8.42 Å². The topological polar surface area (TPSA) is 117 Å².